The number of aliphatic hydroxyl groups is 1. The van der Waals surface area contributed by atoms with Crippen LogP contribution in [0.5, 0.6) is 0 Å². The van der Waals surface area contributed by atoms with Gasteiger partial charge in [0.25, 0.3) is 0 Å². The fourth-order valence-electron chi connectivity index (χ4n) is 0.993. The third kappa shape index (κ3) is 1.75. The first-order valence-electron chi connectivity index (χ1n) is 4.09. The largest absolute Gasteiger partial charge is 0.433 e. The quantitative estimate of drug-likeness (QED) is 0.540. The summed E-state index contributed by atoms with van der Waals surface area (Å²) in [4.78, 5) is 9.71. The second kappa shape index (κ2) is 3.77. The van der Waals surface area contributed by atoms with Crippen molar-refractivity contribution in [3.05, 3.63) is 28.0 Å². The molecule has 0 fully saturated rings. The second-order valence-corrected chi connectivity index (χ2v) is 3.32. The Hall–Kier alpha value is -1.40. The van der Waals surface area contributed by atoms with Crippen LogP contribution in [-0.4, -0.2) is 23.2 Å². The van der Waals surface area contributed by atoms with Gasteiger partial charge in [-0.15, -0.1) is 0 Å². The van der Waals surface area contributed by atoms with E-state index in [1.807, 2.05) is 0 Å². The molecular weight excluding hydrogens is 188 g/mol. The van der Waals surface area contributed by atoms with Crippen LogP contribution in [0, 0.1) is 10.1 Å². The number of nitro groups is 1. The van der Waals surface area contributed by atoms with Crippen LogP contribution in [0.2, 0.25) is 0 Å². The molecule has 14 heavy (non-hydrogen) atoms. The maximum Gasteiger partial charge on any atom is 0.433 e. The van der Waals surface area contributed by atoms with Crippen LogP contribution in [0.15, 0.2) is 16.5 Å². The van der Waals surface area contributed by atoms with Crippen LogP contribution < -0.4 is 5.73 Å². The normalized spacial score (nSPS) is 15.1. The van der Waals surface area contributed by atoms with E-state index in [0.29, 0.717) is 5.76 Å². The minimum atomic E-state index is -0.756. The van der Waals surface area contributed by atoms with Gasteiger partial charge in [-0.1, -0.05) is 0 Å². The fraction of sp³-hybridized carbons (Fsp3) is 0.500. The van der Waals surface area contributed by atoms with Gasteiger partial charge < -0.3 is 15.3 Å². The SMILES string of the molecule is CC(CN)(CO)c1ccc([N+](=O)[O-])o1. The van der Waals surface area contributed by atoms with E-state index in [4.69, 9.17) is 15.3 Å². The summed E-state index contributed by atoms with van der Waals surface area (Å²) in [5.74, 6) is -0.0117. The molecule has 3 N–H and O–H groups in total. The average molecular weight is 200 g/mol. The summed E-state index contributed by atoms with van der Waals surface area (Å²) < 4.78 is 4.95. The molecule has 0 bridgehead atoms. The Kier molecular flexibility index (Phi) is 2.87. The highest BCUT2D eigenvalue weighted by atomic mass is 16.6. The van der Waals surface area contributed by atoms with Gasteiger partial charge in [0.2, 0.25) is 0 Å². The third-order valence-corrected chi connectivity index (χ3v) is 2.17. The second-order valence-electron chi connectivity index (χ2n) is 3.32. The van der Waals surface area contributed by atoms with Crippen LogP contribution in [-0.2, 0) is 5.41 Å². The van der Waals surface area contributed by atoms with Crippen molar-refractivity contribution < 1.29 is 14.4 Å². The number of nitrogens with two attached hydrogens (primary N) is 1. The zero-order chi connectivity index (χ0) is 10.8. The van der Waals surface area contributed by atoms with Crippen LogP contribution >= 0.6 is 0 Å². The first-order valence-corrected chi connectivity index (χ1v) is 4.09. The predicted octanol–water partition coefficient (Wildman–Crippen LogP) is 0.397. The number of hydrogen-bond acceptors (Lipinski definition) is 5. The molecule has 1 aromatic heterocycles. The molecule has 1 unspecified atom stereocenters. The standard InChI is InChI=1S/C8H12N2O4/c1-8(4-9,5-11)6-2-3-7(14-6)10(12)13/h2-3,11H,4-5,9H2,1H3. The fourth-order valence-corrected chi connectivity index (χ4v) is 0.993. The molecule has 1 rings (SSSR count). The minimum absolute atomic E-state index is 0.161. The molecule has 0 spiro atoms. The lowest BCUT2D eigenvalue weighted by molar-refractivity contribution is -0.402. The highest BCUT2D eigenvalue weighted by Gasteiger charge is 2.29. The van der Waals surface area contributed by atoms with Crippen molar-refractivity contribution in [2.75, 3.05) is 13.2 Å². The Morgan fingerprint density at radius 1 is 1.71 bits per heavy atom. The number of nitrogens with zero attached hydrogens (tertiary/aromatic N) is 1. The molecule has 78 valence electrons. The molecule has 0 amide bonds. The summed E-state index contributed by atoms with van der Waals surface area (Å²) in [6.07, 6.45) is 0. The van der Waals surface area contributed by atoms with Gasteiger partial charge in [-0.2, -0.15) is 0 Å². The maximum absolute atomic E-state index is 10.3. The van der Waals surface area contributed by atoms with Gasteiger partial charge in [0, 0.05) is 6.54 Å². The van der Waals surface area contributed by atoms with Crippen molar-refractivity contribution in [1.82, 2.24) is 0 Å². The van der Waals surface area contributed by atoms with Gasteiger partial charge >= 0.3 is 5.88 Å². The van der Waals surface area contributed by atoms with Crippen molar-refractivity contribution in [3.63, 3.8) is 0 Å². The summed E-state index contributed by atoms with van der Waals surface area (Å²) in [5.41, 5.74) is 4.69. The summed E-state index contributed by atoms with van der Waals surface area (Å²) in [7, 11) is 0. The first kappa shape index (κ1) is 10.7. The molecule has 0 aliphatic rings. The highest BCUT2D eigenvalue weighted by Crippen LogP contribution is 2.27. The van der Waals surface area contributed by atoms with Crippen molar-refractivity contribution in [2.24, 2.45) is 5.73 Å². The Balaban J connectivity index is 3.01. The van der Waals surface area contributed by atoms with Crippen LogP contribution in [0.4, 0.5) is 5.88 Å². The van der Waals surface area contributed by atoms with E-state index < -0.39 is 10.3 Å². The van der Waals surface area contributed by atoms with Crippen LogP contribution in [0.1, 0.15) is 12.7 Å². The van der Waals surface area contributed by atoms with Crippen molar-refractivity contribution >= 4 is 5.88 Å². The molecular formula is C8H12N2O4. The summed E-state index contributed by atoms with van der Waals surface area (Å²) in [5, 5.41) is 19.4. The van der Waals surface area contributed by atoms with Crippen molar-refractivity contribution in [3.8, 4) is 0 Å². The molecule has 1 aromatic rings. The molecule has 6 nitrogen and oxygen atoms in total. The van der Waals surface area contributed by atoms with E-state index in [9.17, 15) is 10.1 Å². The topological polar surface area (TPSA) is 103 Å². The zero-order valence-electron chi connectivity index (χ0n) is 7.77. The van der Waals surface area contributed by atoms with E-state index in [-0.39, 0.29) is 19.0 Å². The lowest BCUT2D eigenvalue weighted by Gasteiger charge is -2.21. The van der Waals surface area contributed by atoms with E-state index in [1.54, 1.807) is 6.92 Å². The number of furan rings is 1. The lowest BCUT2D eigenvalue weighted by Crippen LogP contribution is -2.35. The van der Waals surface area contributed by atoms with E-state index in [2.05, 4.69) is 0 Å². The Labute approximate surface area is 80.5 Å². The third-order valence-electron chi connectivity index (χ3n) is 2.17. The molecule has 0 aliphatic heterocycles. The Morgan fingerprint density at radius 2 is 2.36 bits per heavy atom. The molecule has 1 atom stereocenters. The number of rotatable bonds is 4. The van der Waals surface area contributed by atoms with E-state index in [0.717, 1.165) is 0 Å². The van der Waals surface area contributed by atoms with E-state index in [1.165, 1.54) is 12.1 Å². The summed E-state index contributed by atoms with van der Waals surface area (Å²) in [6.45, 7) is 1.62. The monoisotopic (exact) mass is 200 g/mol. The van der Waals surface area contributed by atoms with Gasteiger partial charge in [-0.25, -0.2) is 0 Å². The smallest absolute Gasteiger partial charge is 0.405 e. The molecule has 0 aliphatic carbocycles. The van der Waals surface area contributed by atoms with Crippen molar-refractivity contribution in [1.29, 1.82) is 0 Å². The summed E-state index contributed by atoms with van der Waals surface area (Å²) in [6, 6.07) is 2.71. The molecule has 0 saturated carbocycles. The Bertz CT molecular complexity index is 330. The lowest BCUT2D eigenvalue weighted by atomic mass is 9.89. The number of aliphatic hydroxyl groups excluding tert-OH is 1. The average Bonchev–Trinajstić information content (AvgIpc) is 2.66. The predicted molar refractivity (Wildman–Crippen MR) is 48.9 cm³/mol. The van der Waals surface area contributed by atoms with E-state index >= 15 is 0 Å². The molecule has 0 saturated heterocycles. The van der Waals surface area contributed by atoms with Gasteiger partial charge in [0.15, 0.2) is 0 Å². The van der Waals surface area contributed by atoms with Crippen molar-refractivity contribution in [2.45, 2.75) is 12.3 Å². The van der Waals surface area contributed by atoms with Gasteiger partial charge in [0.05, 0.1) is 18.1 Å². The maximum atomic E-state index is 10.3. The molecule has 6 heteroatoms. The first-order chi connectivity index (χ1) is 6.53. The minimum Gasteiger partial charge on any atom is -0.405 e. The molecule has 1 heterocycles. The van der Waals surface area contributed by atoms with Gasteiger partial charge in [-0.3, -0.25) is 10.1 Å². The molecule has 0 radical (unpaired) electrons. The van der Waals surface area contributed by atoms with Gasteiger partial charge in [-0.05, 0) is 13.0 Å². The van der Waals surface area contributed by atoms with Crippen LogP contribution in [0.25, 0.3) is 0 Å². The Morgan fingerprint density at radius 3 is 2.71 bits per heavy atom. The number of hydrogen-bond donors (Lipinski definition) is 2. The summed E-state index contributed by atoms with van der Waals surface area (Å²) >= 11 is 0. The molecule has 0 aromatic carbocycles. The zero-order valence-corrected chi connectivity index (χ0v) is 7.77. The highest BCUT2D eigenvalue weighted by molar-refractivity contribution is 5.23. The van der Waals surface area contributed by atoms with Gasteiger partial charge in [0.1, 0.15) is 10.7 Å². The van der Waals surface area contributed by atoms with Crippen LogP contribution in [0.3, 0.4) is 0 Å².